The van der Waals surface area contributed by atoms with Crippen LogP contribution in [-0.2, 0) is 4.79 Å². The predicted molar refractivity (Wildman–Crippen MR) is 94.8 cm³/mol. The molecule has 0 aromatic heterocycles. The molecule has 3 heteroatoms. The fourth-order valence-electron chi connectivity index (χ4n) is 5.32. The average molecular weight is 318 g/mol. The molecule has 3 heterocycles. The first kappa shape index (κ1) is 14.2. The summed E-state index contributed by atoms with van der Waals surface area (Å²) in [6.07, 6.45) is 3.25. The molecule has 122 valence electrons. The number of carbonyl (C=O) groups is 1. The molecule has 0 N–H and O–H groups in total. The molecular formula is C21H22N2O. The van der Waals surface area contributed by atoms with E-state index in [9.17, 15) is 4.79 Å². The maximum atomic E-state index is 13.5. The van der Waals surface area contributed by atoms with Gasteiger partial charge in [-0.2, -0.15) is 0 Å². The highest BCUT2D eigenvalue weighted by Gasteiger charge is 2.65. The minimum Gasteiger partial charge on any atom is -0.310 e. The van der Waals surface area contributed by atoms with Crippen molar-refractivity contribution in [1.82, 2.24) is 4.90 Å². The molecule has 0 unspecified atom stereocenters. The van der Waals surface area contributed by atoms with Crippen molar-refractivity contribution in [2.24, 2.45) is 5.92 Å². The molecule has 0 aliphatic carbocycles. The van der Waals surface area contributed by atoms with Gasteiger partial charge in [0, 0.05) is 24.2 Å². The van der Waals surface area contributed by atoms with Crippen molar-refractivity contribution in [2.45, 2.75) is 30.8 Å². The Balaban J connectivity index is 1.52. The van der Waals surface area contributed by atoms with E-state index in [0.717, 1.165) is 38.0 Å². The molecule has 3 fully saturated rings. The summed E-state index contributed by atoms with van der Waals surface area (Å²) in [4.78, 5) is 18.0. The molecule has 3 aliphatic heterocycles. The summed E-state index contributed by atoms with van der Waals surface area (Å²) in [7, 11) is 0. The largest absolute Gasteiger partial charge is 0.310 e. The summed E-state index contributed by atoms with van der Waals surface area (Å²) in [5, 5.41) is 0. The highest BCUT2D eigenvalue weighted by molar-refractivity contribution is 6.03. The van der Waals surface area contributed by atoms with Gasteiger partial charge in [-0.1, -0.05) is 48.5 Å². The van der Waals surface area contributed by atoms with Gasteiger partial charge in [0.15, 0.2) is 0 Å². The van der Waals surface area contributed by atoms with Crippen molar-refractivity contribution >= 4 is 11.6 Å². The summed E-state index contributed by atoms with van der Waals surface area (Å²) in [6, 6.07) is 21.3. The molecule has 24 heavy (non-hydrogen) atoms. The first-order chi connectivity index (χ1) is 11.8. The maximum absolute atomic E-state index is 13.5. The van der Waals surface area contributed by atoms with Crippen LogP contribution in [0.1, 0.15) is 30.9 Å². The SMILES string of the molecule is O=C1N(c2ccccc2)C[C@@H]2C[C@@H](c3ccccc3)N3CCC[C@@]123. The minimum atomic E-state index is -0.254. The Morgan fingerprint density at radius 2 is 1.67 bits per heavy atom. The summed E-state index contributed by atoms with van der Waals surface area (Å²) >= 11 is 0. The number of rotatable bonds is 2. The van der Waals surface area contributed by atoms with Gasteiger partial charge in [0.1, 0.15) is 5.54 Å². The quantitative estimate of drug-likeness (QED) is 0.844. The van der Waals surface area contributed by atoms with Crippen LogP contribution in [0.2, 0.25) is 0 Å². The Labute approximate surface area is 142 Å². The van der Waals surface area contributed by atoms with Crippen molar-refractivity contribution < 1.29 is 4.79 Å². The number of hydrogen-bond donors (Lipinski definition) is 0. The second-order valence-electron chi connectivity index (χ2n) is 7.33. The zero-order valence-electron chi connectivity index (χ0n) is 13.8. The third kappa shape index (κ3) is 1.79. The number of carbonyl (C=O) groups excluding carboxylic acids is 1. The van der Waals surface area contributed by atoms with E-state index in [0.29, 0.717) is 17.9 Å². The molecule has 3 saturated heterocycles. The maximum Gasteiger partial charge on any atom is 0.247 e. The van der Waals surface area contributed by atoms with Crippen molar-refractivity contribution in [1.29, 1.82) is 0 Å². The van der Waals surface area contributed by atoms with Crippen LogP contribution in [0.3, 0.4) is 0 Å². The summed E-state index contributed by atoms with van der Waals surface area (Å²) in [5.41, 5.74) is 2.16. The topological polar surface area (TPSA) is 23.6 Å². The van der Waals surface area contributed by atoms with Gasteiger partial charge in [0.2, 0.25) is 5.91 Å². The van der Waals surface area contributed by atoms with E-state index in [1.165, 1.54) is 5.56 Å². The lowest BCUT2D eigenvalue weighted by Crippen LogP contribution is -2.49. The van der Waals surface area contributed by atoms with Gasteiger partial charge in [0.05, 0.1) is 0 Å². The van der Waals surface area contributed by atoms with Crippen LogP contribution in [0.25, 0.3) is 0 Å². The number of benzene rings is 2. The van der Waals surface area contributed by atoms with Crippen molar-refractivity contribution in [2.75, 3.05) is 18.0 Å². The third-order valence-electron chi connectivity index (χ3n) is 6.30. The summed E-state index contributed by atoms with van der Waals surface area (Å²) < 4.78 is 0. The fraction of sp³-hybridized carbons (Fsp3) is 0.381. The van der Waals surface area contributed by atoms with E-state index in [1.807, 2.05) is 23.1 Å². The molecule has 3 aliphatic rings. The number of anilines is 1. The van der Waals surface area contributed by atoms with Gasteiger partial charge in [-0.3, -0.25) is 9.69 Å². The zero-order chi connectivity index (χ0) is 16.1. The van der Waals surface area contributed by atoms with Crippen molar-refractivity contribution in [3.63, 3.8) is 0 Å². The van der Waals surface area contributed by atoms with Crippen LogP contribution in [0.4, 0.5) is 5.69 Å². The lowest BCUT2D eigenvalue weighted by Gasteiger charge is -2.33. The van der Waals surface area contributed by atoms with Gasteiger partial charge in [0.25, 0.3) is 0 Å². The molecule has 3 atom stereocenters. The van der Waals surface area contributed by atoms with Gasteiger partial charge in [-0.15, -0.1) is 0 Å². The van der Waals surface area contributed by atoms with Gasteiger partial charge in [-0.25, -0.2) is 0 Å². The van der Waals surface area contributed by atoms with Crippen LogP contribution in [-0.4, -0.2) is 29.4 Å². The third-order valence-corrected chi connectivity index (χ3v) is 6.30. The molecule has 2 aromatic rings. The van der Waals surface area contributed by atoms with Crippen LogP contribution >= 0.6 is 0 Å². The van der Waals surface area contributed by atoms with E-state index in [2.05, 4.69) is 47.4 Å². The van der Waals surface area contributed by atoms with E-state index < -0.39 is 0 Å². The molecule has 1 spiro atoms. The van der Waals surface area contributed by atoms with E-state index in [-0.39, 0.29) is 5.54 Å². The van der Waals surface area contributed by atoms with E-state index in [1.54, 1.807) is 0 Å². The normalized spacial score (nSPS) is 32.2. The Hall–Kier alpha value is -2.13. The Morgan fingerprint density at radius 3 is 2.42 bits per heavy atom. The minimum absolute atomic E-state index is 0.254. The highest BCUT2D eigenvalue weighted by Crippen LogP contribution is 2.56. The fourth-order valence-corrected chi connectivity index (χ4v) is 5.32. The first-order valence-corrected chi connectivity index (χ1v) is 8.99. The van der Waals surface area contributed by atoms with Crippen LogP contribution in [0, 0.1) is 5.92 Å². The standard InChI is InChI=1S/C21H22N2O/c24-20-21-12-7-13-23(21)19(16-8-3-1-4-9-16)14-17(21)15-22(20)18-10-5-2-6-11-18/h1-6,8-11,17,19H,7,12-15H2/t17-,19-,21-/m0/s1. The Bertz CT molecular complexity index is 760. The average Bonchev–Trinajstić information content (AvgIpc) is 3.27. The smallest absolute Gasteiger partial charge is 0.247 e. The second-order valence-corrected chi connectivity index (χ2v) is 7.33. The van der Waals surface area contributed by atoms with Gasteiger partial charge in [-0.05, 0) is 43.5 Å². The van der Waals surface area contributed by atoms with Crippen LogP contribution in [0.15, 0.2) is 60.7 Å². The Kier molecular flexibility index (Phi) is 3.07. The Morgan fingerprint density at radius 1 is 0.958 bits per heavy atom. The molecule has 1 amide bonds. The molecule has 3 nitrogen and oxygen atoms in total. The lowest BCUT2D eigenvalue weighted by atomic mass is 9.85. The van der Waals surface area contributed by atoms with Gasteiger partial charge >= 0.3 is 0 Å². The number of hydrogen-bond acceptors (Lipinski definition) is 2. The molecule has 0 radical (unpaired) electrons. The molecule has 2 aromatic carbocycles. The van der Waals surface area contributed by atoms with Crippen molar-refractivity contribution in [3.8, 4) is 0 Å². The number of para-hydroxylation sites is 1. The van der Waals surface area contributed by atoms with Gasteiger partial charge < -0.3 is 4.90 Å². The lowest BCUT2D eigenvalue weighted by molar-refractivity contribution is -0.126. The summed E-state index contributed by atoms with van der Waals surface area (Å²) in [6.45, 7) is 1.91. The second kappa shape index (κ2) is 5.18. The highest BCUT2D eigenvalue weighted by atomic mass is 16.2. The first-order valence-electron chi connectivity index (χ1n) is 8.99. The molecule has 5 rings (SSSR count). The number of amides is 1. The number of nitrogens with zero attached hydrogens (tertiary/aromatic N) is 2. The molecular weight excluding hydrogens is 296 g/mol. The molecule has 0 bridgehead atoms. The van der Waals surface area contributed by atoms with Crippen LogP contribution in [0.5, 0.6) is 0 Å². The van der Waals surface area contributed by atoms with E-state index >= 15 is 0 Å². The monoisotopic (exact) mass is 318 g/mol. The summed E-state index contributed by atoms with van der Waals surface area (Å²) in [5.74, 6) is 0.771. The van der Waals surface area contributed by atoms with Crippen molar-refractivity contribution in [3.05, 3.63) is 66.2 Å². The molecule has 0 saturated carbocycles. The van der Waals surface area contributed by atoms with E-state index in [4.69, 9.17) is 0 Å². The van der Waals surface area contributed by atoms with Crippen LogP contribution < -0.4 is 4.90 Å². The zero-order valence-corrected chi connectivity index (χ0v) is 13.8. The predicted octanol–water partition coefficient (Wildman–Crippen LogP) is 3.63.